The van der Waals surface area contributed by atoms with Crippen molar-refractivity contribution in [1.82, 2.24) is 9.88 Å². The van der Waals surface area contributed by atoms with E-state index in [1.54, 1.807) is 23.2 Å². The molecule has 0 radical (unpaired) electrons. The van der Waals surface area contributed by atoms with E-state index < -0.39 is 0 Å². The van der Waals surface area contributed by atoms with Crippen molar-refractivity contribution in [2.24, 2.45) is 0 Å². The summed E-state index contributed by atoms with van der Waals surface area (Å²) in [7, 11) is 1.81. The molecule has 1 aromatic heterocycles. The van der Waals surface area contributed by atoms with E-state index in [0.717, 1.165) is 12.8 Å². The average Bonchev–Trinajstić information content (AvgIpc) is 2.33. The molecule has 0 atom stereocenters. The summed E-state index contributed by atoms with van der Waals surface area (Å²) in [5.41, 5.74) is 0.940. The van der Waals surface area contributed by atoms with E-state index >= 15 is 0 Å². The minimum absolute atomic E-state index is 0.0949. The average molecular weight is 244 g/mol. The maximum absolute atomic E-state index is 12.3. The second-order valence-electron chi connectivity index (χ2n) is 4.36. The molecular weight excluding hydrogens is 228 g/mol. The number of hydrogen-bond donors (Lipinski definition) is 1. The highest BCUT2D eigenvalue weighted by atomic mass is 16.2. The topological polar surface area (TPSA) is 53.4 Å². The van der Waals surface area contributed by atoms with E-state index in [1.807, 2.05) is 7.05 Å². The minimum Gasteiger partial charge on any atom is -0.384 e. The Hall–Kier alpha value is -1.86. The summed E-state index contributed by atoms with van der Waals surface area (Å²) in [6, 6.07) is 3.82. The largest absolute Gasteiger partial charge is 0.384 e. The Morgan fingerprint density at radius 2 is 2.39 bits per heavy atom. The standard InChI is InChI=1S/C14H16N2O2/c1-16(12-7-2-8-12)14(18)13-11(6-4-10-17)5-3-9-15-13/h3,5,9,12,17H,2,7-8,10H2,1H3. The quantitative estimate of drug-likeness (QED) is 0.791. The number of carbonyl (C=O) groups excluding carboxylic acids is 1. The van der Waals surface area contributed by atoms with Crippen molar-refractivity contribution < 1.29 is 9.90 Å². The Bertz CT molecular complexity index is 498. The zero-order chi connectivity index (χ0) is 13.0. The predicted molar refractivity (Wildman–Crippen MR) is 67.9 cm³/mol. The molecule has 94 valence electrons. The van der Waals surface area contributed by atoms with Gasteiger partial charge in [0.15, 0.2) is 0 Å². The number of hydrogen-bond acceptors (Lipinski definition) is 3. The Morgan fingerprint density at radius 1 is 1.61 bits per heavy atom. The zero-order valence-corrected chi connectivity index (χ0v) is 10.4. The van der Waals surface area contributed by atoms with Gasteiger partial charge in [0, 0.05) is 19.3 Å². The first-order chi connectivity index (χ1) is 8.74. The van der Waals surface area contributed by atoms with Gasteiger partial charge >= 0.3 is 0 Å². The molecule has 1 fully saturated rings. The number of pyridine rings is 1. The van der Waals surface area contributed by atoms with Gasteiger partial charge in [-0.05, 0) is 31.4 Å². The molecule has 1 aromatic rings. The van der Waals surface area contributed by atoms with Crippen LogP contribution in [-0.4, -0.2) is 40.6 Å². The van der Waals surface area contributed by atoms with Crippen molar-refractivity contribution in [2.45, 2.75) is 25.3 Å². The van der Waals surface area contributed by atoms with Crippen molar-refractivity contribution in [3.05, 3.63) is 29.6 Å². The maximum atomic E-state index is 12.3. The Morgan fingerprint density at radius 3 is 3.00 bits per heavy atom. The van der Waals surface area contributed by atoms with E-state index in [4.69, 9.17) is 5.11 Å². The molecule has 1 N–H and O–H groups in total. The van der Waals surface area contributed by atoms with Crippen LogP contribution in [0.25, 0.3) is 0 Å². The van der Waals surface area contributed by atoms with Crippen LogP contribution >= 0.6 is 0 Å². The van der Waals surface area contributed by atoms with Crippen molar-refractivity contribution in [1.29, 1.82) is 0 Å². The van der Waals surface area contributed by atoms with Gasteiger partial charge < -0.3 is 10.0 Å². The fourth-order valence-electron chi connectivity index (χ4n) is 1.92. The molecule has 4 nitrogen and oxygen atoms in total. The van der Waals surface area contributed by atoms with Crippen molar-refractivity contribution in [2.75, 3.05) is 13.7 Å². The van der Waals surface area contributed by atoms with Gasteiger partial charge in [0.05, 0.1) is 5.56 Å². The normalized spacial score (nSPS) is 14.3. The number of aromatic nitrogens is 1. The summed E-state index contributed by atoms with van der Waals surface area (Å²) in [4.78, 5) is 18.2. The summed E-state index contributed by atoms with van der Waals surface area (Å²) in [5, 5.41) is 8.71. The molecular formula is C14H16N2O2. The van der Waals surface area contributed by atoms with Crippen LogP contribution in [0.5, 0.6) is 0 Å². The van der Waals surface area contributed by atoms with Gasteiger partial charge in [-0.1, -0.05) is 11.8 Å². The van der Waals surface area contributed by atoms with Crippen LogP contribution in [0.2, 0.25) is 0 Å². The highest BCUT2D eigenvalue weighted by molar-refractivity contribution is 5.94. The summed E-state index contributed by atoms with van der Waals surface area (Å²) in [5.74, 6) is 5.22. The van der Waals surface area contributed by atoms with Gasteiger partial charge in [-0.2, -0.15) is 0 Å². The van der Waals surface area contributed by atoms with E-state index in [9.17, 15) is 4.79 Å². The number of nitrogens with zero attached hydrogens (tertiary/aromatic N) is 2. The molecule has 0 unspecified atom stereocenters. The highest BCUT2D eigenvalue weighted by Gasteiger charge is 2.27. The molecule has 1 heterocycles. The monoisotopic (exact) mass is 244 g/mol. The molecule has 1 amide bonds. The van der Waals surface area contributed by atoms with Gasteiger partial charge in [-0.3, -0.25) is 4.79 Å². The molecule has 1 aliphatic rings. The summed E-state index contributed by atoms with van der Waals surface area (Å²) in [6.45, 7) is -0.221. The van der Waals surface area contributed by atoms with E-state index in [2.05, 4.69) is 16.8 Å². The Labute approximate surface area is 107 Å². The van der Waals surface area contributed by atoms with Crippen LogP contribution < -0.4 is 0 Å². The molecule has 0 spiro atoms. The lowest BCUT2D eigenvalue weighted by Crippen LogP contribution is -2.41. The van der Waals surface area contributed by atoms with Crippen LogP contribution in [0.15, 0.2) is 18.3 Å². The fraction of sp³-hybridized carbons (Fsp3) is 0.429. The zero-order valence-electron chi connectivity index (χ0n) is 10.4. The first-order valence-electron chi connectivity index (χ1n) is 6.06. The van der Waals surface area contributed by atoms with Gasteiger partial charge in [-0.25, -0.2) is 4.98 Å². The lowest BCUT2D eigenvalue weighted by atomic mass is 9.91. The molecule has 0 aliphatic heterocycles. The van der Waals surface area contributed by atoms with Gasteiger partial charge in [0.25, 0.3) is 5.91 Å². The van der Waals surface area contributed by atoms with E-state index in [0.29, 0.717) is 17.3 Å². The lowest BCUT2D eigenvalue weighted by molar-refractivity contribution is 0.0645. The summed E-state index contributed by atoms with van der Waals surface area (Å²) >= 11 is 0. The Balaban J connectivity index is 2.23. The molecule has 0 bridgehead atoms. The summed E-state index contributed by atoms with van der Waals surface area (Å²) in [6.07, 6.45) is 4.90. The number of carbonyl (C=O) groups is 1. The Kier molecular flexibility index (Phi) is 3.96. The van der Waals surface area contributed by atoms with Gasteiger partial charge in [0.1, 0.15) is 12.3 Å². The summed E-state index contributed by atoms with van der Waals surface area (Å²) < 4.78 is 0. The molecule has 2 rings (SSSR count). The number of aliphatic hydroxyl groups excluding tert-OH is 1. The molecule has 4 heteroatoms. The van der Waals surface area contributed by atoms with Crippen molar-refractivity contribution in [3.8, 4) is 11.8 Å². The number of aliphatic hydroxyl groups is 1. The first kappa shape index (κ1) is 12.6. The van der Waals surface area contributed by atoms with Crippen LogP contribution in [0.3, 0.4) is 0 Å². The maximum Gasteiger partial charge on any atom is 0.273 e. The van der Waals surface area contributed by atoms with Crippen LogP contribution in [-0.2, 0) is 0 Å². The molecule has 0 saturated heterocycles. The second kappa shape index (κ2) is 5.65. The smallest absolute Gasteiger partial charge is 0.273 e. The third-order valence-electron chi connectivity index (χ3n) is 3.26. The van der Waals surface area contributed by atoms with Crippen LogP contribution in [0.4, 0.5) is 0 Å². The van der Waals surface area contributed by atoms with Crippen molar-refractivity contribution >= 4 is 5.91 Å². The second-order valence-corrected chi connectivity index (χ2v) is 4.36. The van der Waals surface area contributed by atoms with Gasteiger partial charge in [0.2, 0.25) is 0 Å². The first-order valence-corrected chi connectivity index (χ1v) is 6.06. The molecule has 1 aliphatic carbocycles. The van der Waals surface area contributed by atoms with Crippen molar-refractivity contribution in [3.63, 3.8) is 0 Å². The lowest BCUT2D eigenvalue weighted by Gasteiger charge is -2.34. The highest BCUT2D eigenvalue weighted by Crippen LogP contribution is 2.24. The molecule has 1 saturated carbocycles. The number of amides is 1. The van der Waals surface area contributed by atoms with E-state index in [-0.39, 0.29) is 12.5 Å². The number of rotatable bonds is 2. The van der Waals surface area contributed by atoms with Crippen LogP contribution in [0.1, 0.15) is 35.3 Å². The third kappa shape index (κ3) is 2.52. The predicted octanol–water partition coefficient (Wildman–Crippen LogP) is 1.05. The van der Waals surface area contributed by atoms with Crippen LogP contribution in [0, 0.1) is 11.8 Å². The van der Waals surface area contributed by atoms with E-state index in [1.165, 1.54) is 6.42 Å². The fourth-order valence-corrected chi connectivity index (χ4v) is 1.92. The van der Waals surface area contributed by atoms with Gasteiger partial charge in [-0.15, -0.1) is 0 Å². The third-order valence-corrected chi connectivity index (χ3v) is 3.26. The minimum atomic E-state index is -0.221. The molecule has 18 heavy (non-hydrogen) atoms. The molecule has 0 aromatic carbocycles. The SMILES string of the molecule is CN(C(=O)c1ncccc1C#CCO)C1CCC1.